The van der Waals surface area contributed by atoms with Crippen LogP contribution < -0.4 is 15.8 Å². The van der Waals surface area contributed by atoms with Crippen molar-refractivity contribution in [3.63, 3.8) is 0 Å². The third kappa shape index (κ3) is 4.57. The molecule has 0 amide bonds. The van der Waals surface area contributed by atoms with Crippen molar-refractivity contribution in [3.8, 4) is 16.9 Å². The van der Waals surface area contributed by atoms with Gasteiger partial charge in [-0.05, 0) is 43.6 Å². The zero-order valence-corrected chi connectivity index (χ0v) is 14.7. The van der Waals surface area contributed by atoms with Crippen LogP contribution in [0, 0.1) is 0 Å². The number of nitrogens with zero attached hydrogens (tertiary/aromatic N) is 3. The molecule has 1 aromatic carbocycles. The summed E-state index contributed by atoms with van der Waals surface area (Å²) >= 11 is 0. The molecule has 1 aliphatic rings. The maximum atomic E-state index is 14.1. The predicted octanol–water partition coefficient (Wildman–Crippen LogP) is 2.88. The second-order valence-electron chi connectivity index (χ2n) is 6.40. The molecule has 0 bridgehead atoms. The van der Waals surface area contributed by atoms with Crippen LogP contribution in [0.5, 0.6) is 5.75 Å². The number of nitrogens with two attached hydrogens (primary N) is 1. The highest BCUT2D eigenvalue weighted by Crippen LogP contribution is 2.29. The normalized spacial score (nSPS) is 15.2. The first-order valence-electron chi connectivity index (χ1n) is 8.60. The summed E-state index contributed by atoms with van der Waals surface area (Å²) in [5, 5.41) is 2.95. The summed E-state index contributed by atoms with van der Waals surface area (Å²) in [6.07, 6.45) is 3.56. The SMILES string of the molecule is CNc1nc(N)ncc1-c1cccc(OCC(F)(F)CN2CCCC2)c1. The van der Waals surface area contributed by atoms with Gasteiger partial charge in [-0.2, -0.15) is 4.98 Å². The van der Waals surface area contributed by atoms with Gasteiger partial charge in [0.25, 0.3) is 5.92 Å². The third-order valence-electron chi connectivity index (χ3n) is 4.29. The van der Waals surface area contributed by atoms with Crippen molar-refractivity contribution in [2.45, 2.75) is 18.8 Å². The van der Waals surface area contributed by atoms with E-state index in [0.29, 0.717) is 11.6 Å². The van der Waals surface area contributed by atoms with Gasteiger partial charge in [0.2, 0.25) is 5.95 Å². The lowest BCUT2D eigenvalue weighted by molar-refractivity contribution is -0.0615. The van der Waals surface area contributed by atoms with E-state index < -0.39 is 12.5 Å². The molecule has 0 atom stereocenters. The number of alkyl halides is 2. The molecule has 6 nitrogen and oxygen atoms in total. The van der Waals surface area contributed by atoms with Gasteiger partial charge in [-0.25, -0.2) is 13.8 Å². The quantitative estimate of drug-likeness (QED) is 0.788. The number of nitrogen functional groups attached to an aromatic ring is 1. The molecule has 1 aliphatic heterocycles. The van der Waals surface area contributed by atoms with Gasteiger partial charge in [0.15, 0.2) is 6.61 Å². The largest absolute Gasteiger partial charge is 0.487 e. The number of likely N-dealkylation sites (tertiary alicyclic amines) is 1. The molecule has 1 saturated heterocycles. The monoisotopic (exact) mass is 363 g/mol. The van der Waals surface area contributed by atoms with E-state index in [1.807, 2.05) is 6.07 Å². The molecule has 140 valence electrons. The Kier molecular flexibility index (Phi) is 5.51. The first-order valence-corrected chi connectivity index (χ1v) is 8.60. The Balaban J connectivity index is 1.69. The molecule has 0 spiro atoms. The summed E-state index contributed by atoms with van der Waals surface area (Å²) in [6, 6.07) is 6.94. The van der Waals surface area contributed by atoms with E-state index in [1.165, 1.54) is 0 Å². The van der Waals surface area contributed by atoms with Crippen LogP contribution in [-0.2, 0) is 0 Å². The van der Waals surface area contributed by atoms with Crippen LogP contribution in [-0.4, -0.2) is 54.1 Å². The van der Waals surface area contributed by atoms with Crippen LogP contribution in [0.25, 0.3) is 11.1 Å². The summed E-state index contributed by atoms with van der Waals surface area (Å²) in [5.41, 5.74) is 7.08. The molecule has 0 saturated carbocycles. The Labute approximate surface area is 151 Å². The molecule has 2 heterocycles. The zero-order valence-electron chi connectivity index (χ0n) is 14.7. The Morgan fingerprint density at radius 1 is 1.31 bits per heavy atom. The van der Waals surface area contributed by atoms with Crippen LogP contribution in [0.3, 0.4) is 0 Å². The van der Waals surface area contributed by atoms with E-state index in [9.17, 15) is 8.78 Å². The number of rotatable bonds is 7. The van der Waals surface area contributed by atoms with Crippen LogP contribution in [0.15, 0.2) is 30.5 Å². The van der Waals surface area contributed by atoms with E-state index >= 15 is 0 Å². The van der Waals surface area contributed by atoms with Gasteiger partial charge >= 0.3 is 0 Å². The highest BCUT2D eigenvalue weighted by molar-refractivity contribution is 5.75. The fraction of sp³-hybridized carbons (Fsp3) is 0.444. The number of nitrogens with one attached hydrogen (secondary N) is 1. The standard InChI is InChI=1S/C18H23F2N5O/c1-22-16-15(10-23-17(21)24-16)13-5-4-6-14(9-13)26-12-18(19,20)11-25-7-2-3-8-25/h4-6,9-10H,2-3,7-8,11-12H2,1H3,(H3,21,22,23,24). The highest BCUT2D eigenvalue weighted by atomic mass is 19.3. The van der Waals surface area contributed by atoms with Gasteiger partial charge in [-0.3, -0.25) is 4.90 Å². The van der Waals surface area contributed by atoms with Crippen molar-refractivity contribution in [2.75, 3.05) is 44.3 Å². The molecule has 0 radical (unpaired) electrons. The molecule has 2 aromatic rings. The van der Waals surface area contributed by atoms with Gasteiger partial charge < -0.3 is 15.8 Å². The number of hydrogen-bond donors (Lipinski definition) is 2. The molecular formula is C18H23F2N5O. The van der Waals surface area contributed by atoms with E-state index in [-0.39, 0.29) is 12.5 Å². The van der Waals surface area contributed by atoms with E-state index in [4.69, 9.17) is 10.5 Å². The zero-order chi connectivity index (χ0) is 18.6. The summed E-state index contributed by atoms with van der Waals surface area (Å²) in [6.45, 7) is 0.552. The van der Waals surface area contributed by atoms with Gasteiger partial charge in [0.05, 0.1) is 6.54 Å². The number of anilines is 2. The van der Waals surface area contributed by atoms with Crippen molar-refractivity contribution >= 4 is 11.8 Å². The maximum absolute atomic E-state index is 14.1. The number of aromatic nitrogens is 2. The number of benzene rings is 1. The first-order chi connectivity index (χ1) is 12.5. The minimum atomic E-state index is -2.89. The average Bonchev–Trinajstić information content (AvgIpc) is 3.12. The number of halogens is 2. The molecule has 8 heteroatoms. The lowest BCUT2D eigenvalue weighted by atomic mass is 10.1. The number of hydrogen-bond acceptors (Lipinski definition) is 6. The molecular weight excluding hydrogens is 340 g/mol. The van der Waals surface area contributed by atoms with Gasteiger partial charge in [0.1, 0.15) is 11.6 Å². The first kappa shape index (κ1) is 18.3. The second kappa shape index (κ2) is 7.82. The summed E-state index contributed by atoms with van der Waals surface area (Å²) in [7, 11) is 1.73. The average molecular weight is 363 g/mol. The summed E-state index contributed by atoms with van der Waals surface area (Å²) in [4.78, 5) is 9.91. The molecule has 0 unspecified atom stereocenters. The lowest BCUT2D eigenvalue weighted by Gasteiger charge is -2.23. The van der Waals surface area contributed by atoms with Gasteiger partial charge in [-0.1, -0.05) is 12.1 Å². The minimum absolute atomic E-state index is 0.159. The van der Waals surface area contributed by atoms with Crippen molar-refractivity contribution in [2.24, 2.45) is 0 Å². The summed E-state index contributed by atoms with van der Waals surface area (Å²) in [5.74, 6) is -1.79. The second-order valence-corrected chi connectivity index (χ2v) is 6.40. The predicted molar refractivity (Wildman–Crippen MR) is 97.5 cm³/mol. The van der Waals surface area contributed by atoms with Crippen LogP contribution in [0.1, 0.15) is 12.8 Å². The topological polar surface area (TPSA) is 76.3 Å². The van der Waals surface area contributed by atoms with Crippen molar-refractivity contribution in [1.82, 2.24) is 14.9 Å². The molecule has 3 rings (SSSR count). The lowest BCUT2D eigenvalue weighted by Crippen LogP contribution is -2.39. The Bertz CT molecular complexity index is 750. The van der Waals surface area contributed by atoms with Crippen molar-refractivity contribution < 1.29 is 13.5 Å². The van der Waals surface area contributed by atoms with Crippen LogP contribution in [0.4, 0.5) is 20.5 Å². The third-order valence-corrected chi connectivity index (χ3v) is 4.29. The van der Waals surface area contributed by atoms with E-state index in [0.717, 1.165) is 37.1 Å². The van der Waals surface area contributed by atoms with Crippen molar-refractivity contribution in [1.29, 1.82) is 0 Å². The maximum Gasteiger partial charge on any atom is 0.293 e. The molecule has 1 aromatic heterocycles. The molecule has 26 heavy (non-hydrogen) atoms. The van der Waals surface area contributed by atoms with Gasteiger partial charge in [0, 0.05) is 18.8 Å². The van der Waals surface area contributed by atoms with E-state index in [1.54, 1.807) is 36.3 Å². The molecule has 1 fully saturated rings. The molecule has 3 N–H and O–H groups in total. The smallest absolute Gasteiger partial charge is 0.293 e. The van der Waals surface area contributed by atoms with Gasteiger partial charge in [-0.15, -0.1) is 0 Å². The van der Waals surface area contributed by atoms with Crippen molar-refractivity contribution in [3.05, 3.63) is 30.5 Å². The molecule has 0 aliphatic carbocycles. The van der Waals surface area contributed by atoms with Crippen LogP contribution in [0.2, 0.25) is 0 Å². The Morgan fingerprint density at radius 3 is 2.81 bits per heavy atom. The fourth-order valence-corrected chi connectivity index (χ4v) is 3.05. The van der Waals surface area contributed by atoms with E-state index in [2.05, 4.69) is 15.3 Å². The minimum Gasteiger partial charge on any atom is -0.487 e. The Morgan fingerprint density at radius 2 is 2.08 bits per heavy atom. The Hall–Kier alpha value is -2.48. The fourth-order valence-electron chi connectivity index (χ4n) is 3.05. The highest BCUT2D eigenvalue weighted by Gasteiger charge is 2.33. The summed E-state index contributed by atoms with van der Waals surface area (Å²) < 4.78 is 33.7. The number of ether oxygens (including phenoxy) is 1. The van der Waals surface area contributed by atoms with Crippen LogP contribution >= 0.6 is 0 Å².